The van der Waals surface area contributed by atoms with Crippen molar-refractivity contribution < 1.29 is 0 Å². The molecule has 9 rings (SSSR count). The fourth-order valence-electron chi connectivity index (χ4n) is 6.49. The van der Waals surface area contributed by atoms with Gasteiger partial charge in [-0.15, -0.1) is 11.3 Å². The van der Waals surface area contributed by atoms with Crippen LogP contribution in [0.1, 0.15) is 0 Å². The zero-order valence-corrected chi connectivity index (χ0v) is 27.3. The first kappa shape index (κ1) is 29.0. The third kappa shape index (κ3) is 5.58. The first-order chi connectivity index (χ1) is 24.3. The number of thiophene rings is 1. The van der Waals surface area contributed by atoms with E-state index in [2.05, 4.69) is 140 Å². The molecule has 0 aliphatic rings. The highest BCUT2D eigenvalue weighted by atomic mass is 32.1. The Morgan fingerprint density at radius 3 is 1.47 bits per heavy atom. The Labute approximate surface area is 288 Å². The quantitative estimate of drug-likeness (QED) is 0.181. The maximum absolute atomic E-state index is 5.01. The summed E-state index contributed by atoms with van der Waals surface area (Å²) in [5.41, 5.74) is 9.99. The van der Waals surface area contributed by atoms with E-state index in [4.69, 9.17) is 15.0 Å². The Morgan fingerprint density at radius 2 is 0.776 bits per heavy atom. The number of nitrogens with zero attached hydrogens (tertiary/aromatic N) is 3. The van der Waals surface area contributed by atoms with Gasteiger partial charge in [0.25, 0.3) is 0 Å². The number of benzene rings is 7. The number of hydrogen-bond donors (Lipinski definition) is 0. The molecule has 0 aliphatic heterocycles. The largest absolute Gasteiger partial charge is 0.208 e. The van der Waals surface area contributed by atoms with E-state index in [1.54, 1.807) is 0 Å². The molecule has 0 radical (unpaired) electrons. The van der Waals surface area contributed by atoms with Crippen molar-refractivity contribution in [1.29, 1.82) is 0 Å². The summed E-state index contributed by atoms with van der Waals surface area (Å²) in [5.74, 6) is 1.95. The van der Waals surface area contributed by atoms with Crippen LogP contribution in [0, 0.1) is 0 Å². The van der Waals surface area contributed by atoms with Crippen LogP contribution in [0.15, 0.2) is 176 Å². The molecule has 49 heavy (non-hydrogen) atoms. The lowest BCUT2D eigenvalue weighted by molar-refractivity contribution is 1.07. The highest BCUT2D eigenvalue weighted by Crippen LogP contribution is 2.41. The van der Waals surface area contributed by atoms with Crippen LogP contribution < -0.4 is 0 Å². The molecular weight excluding hydrogens is 615 g/mol. The van der Waals surface area contributed by atoms with Gasteiger partial charge in [0.05, 0.1) is 0 Å². The Hall–Kier alpha value is -6.23. The minimum Gasteiger partial charge on any atom is -0.208 e. The summed E-state index contributed by atoms with van der Waals surface area (Å²) in [5, 5.41) is 2.62. The van der Waals surface area contributed by atoms with Gasteiger partial charge in [-0.2, -0.15) is 0 Å². The highest BCUT2D eigenvalue weighted by molar-refractivity contribution is 7.26. The van der Waals surface area contributed by atoms with E-state index in [-0.39, 0.29) is 0 Å². The van der Waals surface area contributed by atoms with Crippen molar-refractivity contribution in [3.8, 4) is 67.5 Å². The summed E-state index contributed by atoms with van der Waals surface area (Å²) >= 11 is 1.85. The van der Waals surface area contributed by atoms with Crippen molar-refractivity contribution in [3.63, 3.8) is 0 Å². The average Bonchev–Trinajstić information content (AvgIpc) is 3.57. The van der Waals surface area contributed by atoms with Gasteiger partial charge in [-0.3, -0.25) is 0 Å². The summed E-state index contributed by atoms with van der Waals surface area (Å²) in [4.78, 5) is 14.9. The molecule has 0 spiro atoms. The Morgan fingerprint density at radius 1 is 0.306 bits per heavy atom. The molecule has 0 unspecified atom stereocenters. The molecular formula is C45H29N3S. The molecule has 3 nitrogen and oxygen atoms in total. The SMILES string of the molecule is c1ccc(-c2cccc(-c3nc(-c4ccccc4)nc(-c4ccc(-c5ccc6c(c5)sc5cccc(-c7ccccc7)c56)cc4)n3)c2)cc1. The third-order valence-electron chi connectivity index (χ3n) is 8.95. The summed E-state index contributed by atoms with van der Waals surface area (Å²) in [6.07, 6.45) is 0. The second-order valence-corrected chi connectivity index (χ2v) is 13.1. The Bertz CT molecular complexity index is 2580. The molecule has 0 aliphatic carbocycles. The van der Waals surface area contributed by atoms with E-state index in [1.165, 1.54) is 36.9 Å². The predicted molar refractivity (Wildman–Crippen MR) is 205 cm³/mol. The van der Waals surface area contributed by atoms with Gasteiger partial charge in [-0.25, -0.2) is 15.0 Å². The highest BCUT2D eigenvalue weighted by Gasteiger charge is 2.15. The maximum atomic E-state index is 5.01. The lowest BCUT2D eigenvalue weighted by atomic mass is 9.98. The van der Waals surface area contributed by atoms with Crippen molar-refractivity contribution in [2.45, 2.75) is 0 Å². The number of fused-ring (bicyclic) bond motifs is 3. The molecule has 0 saturated heterocycles. The van der Waals surface area contributed by atoms with Crippen LogP contribution >= 0.6 is 11.3 Å². The van der Waals surface area contributed by atoms with Crippen LogP contribution in [0.3, 0.4) is 0 Å². The third-order valence-corrected chi connectivity index (χ3v) is 10.1. The predicted octanol–water partition coefficient (Wildman–Crippen LogP) is 12.2. The zero-order chi connectivity index (χ0) is 32.6. The van der Waals surface area contributed by atoms with Gasteiger partial charge >= 0.3 is 0 Å². The molecule has 230 valence electrons. The van der Waals surface area contributed by atoms with E-state index in [9.17, 15) is 0 Å². The first-order valence-electron chi connectivity index (χ1n) is 16.4. The summed E-state index contributed by atoms with van der Waals surface area (Å²) in [7, 11) is 0. The first-order valence-corrected chi connectivity index (χ1v) is 17.2. The topological polar surface area (TPSA) is 38.7 Å². The summed E-state index contributed by atoms with van der Waals surface area (Å²) < 4.78 is 2.59. The van der Waals surface area contributed by atoms with Gasteiger partial charge in [0.1, 0.15) is 0 Å². The zero-order valence-electron chi connectivity index (χ0n) is 26.5. The minimum absolute atomic E-state index is 0.647. The standard InChI is InChI=1S/C45H29N3S/c1-4-12-30(13-5-1)35-18-10-19-37(28-35)45-47-43(33-16-8-3-9-17-33)46-44(48-45)34-24-22-31(23-25-34)36-26-27-39-41(29-36)49-40-21-11-20-38(42(39)40)32-14-6-2-7-15-32/h1-29H. The van der Waals surface area contributed by atoms with Crippen molar-refractivity contribution >= 4 is 31.5 Å². The molecule has 2 heterocycles. The van der Waals surface area contributed by atoms with Crippen LogP contribution in [0.5, 0.6) is 0 Å². The molecule has 4 heteroatoms. The summed E-state index contributed by atoms with van der Waals surface area (Å²) in [6, 6.07) is 61.6. The normalized spacial score (nSPS) is 11.3. The smallest absolute Gasteiger partial charge is 0.164 e. The molecule has 7 aromatic carbocycles. The number of hydrogen-bond acceptors (Lipinski definition) is 4. The van der Waals surface area contributed by atoms with E-state index in [0.29, 0.717) is 17.5 Å². The molecule has 0 bridgehead atoms. The second kappa shape index (κ2) is 12.4. The Kier molecular flexibility index (Phi) is 7.34. The van der Waals surface area contributed by atoms with E-state index in [1.807, 2.05) is 47.7 Å². The van der Waals surface area contributed by atoms with Gasteiger partial charge in [0.15, 0.2) is 17.5 Å². The molecule has 0 N–H and O–H groups in total. The van der Waals surface area contributed by atoms with Crippen molar-refractivity contribution in [3.05, 3.63) is 176 Å². The van der Waals surface area contributed by atoms with Gasteiger partial charge in [0.2, 0.25) is 0 Å². The molecule has 0 fully saturated rings. The van der Waals surface area contributed by atoms with Crippen LogP contribution in [-0.2, 0) is 0 Å². The fraction of sp³-hybridized carbons (Fsp3) is 0. The molecule has 0 amide bonds. The maximum Gasteiger partial charge on any atom is 0.164 e. The molecule has 2 aromatic heterocycles. The van der Waals surface area contributed by atoms with E-state index >= 15 is 0 Å². The lowest BCUT2D eigenvalue weighted by Gasteiger charge is -2.10. The van der Waals surface area contributed by atoms with Crippen molar-refractivity contribution in [2.24, 2.45) is 0 Å². The Balaban J connectivity index is 1.09. The fourth-order valence-corrected chi connectivity index (χ4v) is 7.67. The van der Waals surface area contributed by atoms with Crippen LogP contribution in [0.4, 0.5) is 0 Å². The van der Waals surface area contributed by atoms with Crippen LogP contribution in [0.2, 0.25) is 0 Å². The summed E-state index contributed by atoms with van der Waals surface area (Å²) in [6.45, 7) is 0. The van der Waals surface area contributed by atoms with E-state index < -0.39 is 0 Å². The van der Waals surface area contributed by atoms with Crippen LogP contribution in [0.25, 0.3) is 87.7 Å². The number of rotatable bonds is 6. The van der Waals surface area contributed by atoms with Crippen molar-refractivity contribution in [1.82, 2.24) is 15.0 Å². The monoisotopic (exact) mass is 643 g/mol. The van der Waals surface area contributed by atoms with Gasteiger partial charge in [-0.1, -0.05) is 158 Å². The van der Waals surface area contributed by atoms with Crippen LogP contribution in [-0.4, -0.2) is 15.0 Å². The van der Waals surface area contributed by atoms with Gasteiger partial charge in [0, 0.05) is 36.9 Å². The second-order valence-electron chi connectivity index (χ2n) is 12.1. The minimum atomic E-state index is 0.647. The van der Waals surface area contributed by atoms with E-state index in [0.717, 1.165) is 33.4 Å². The molecule has 9 aromatic rings. The number of aromatic nitrogens is 3. The molecule has 0 saturated carbocycles. The van der Waals surface area contributed by atoms with Gasteiger partial charge < -0.3 is 0 Å². The lowest BCUT2D eigenvalue weighted by Crippen LogP contribution is -2.00. The van der Waals surface area contributed by atoms with Gasteiger partial charge in [-0.05, 0) is 51.6 Å². The molecule has 0 atom stereocenters. The average molecular weight is 644 g/mol. The van der Waals surface area contributed by atoms with Crippen molar-refractivity contribution in [2.75, 3.05) is 0 Å².